The lowest BCUT2D eigenvalue weighted by molar-refractivity contribution is 0.174. The van der Waals surface area contributed by atoms with Gasteiger partial charge in [0, 0.05) is 24.0 Å². The molecular weight excluding hydrogens is 264 g/mol. The Morgan fingerprint density at radius 3 is 3.00 bits per heavy atom. The minimum Gasteiger partial charge on any atom is -0.454 e. The van der Waals surface area contributed by atoms with Gasteiger partial charge in [0.2, 0.25) is 6.79 Å². The molecule has 4 heteroatoms. The fourth-order valence-corrected chi connectivity index (χ4v) is 3.44. The van der Waals surface area contributed by atoms with E-state index in [0.29, 0.717) is 6.79 Å². The Balaban J connectivity index is 1.68. The van der Waals surface area contributed by atoms with Crippen molar-refractivity contribution in [1.82, 2.24) is 4.57 Å². The maximum atomic E-state index is 6.25. The van der Waals surface area contributed by atoms with Crippen LogP contribution in [0.2, 0.25) is 0 Å². The number of fused-ring (bicyclic) bond motifs is 2. The SMILES string of the molecule is Cc1cc2c(n1Cc1ccc3c(c1)OCO3)CCCC2N. The van der Waals surface area contributed by atoms with Crippen molar-refractivity contribution in [2.45, 2.75) is 38.8 Å². The molecule has 4 rings (SSSR count). The average Bonchev–Trinajstić information content (AvgIpc) is 3.05. The van der Waals surface area contributed by atoms with E-state index < -0.39 is 0 Å². The van der Waals surface area contributed by atoms with Gasteiger partial charge >= 0.3 is 0 Å². The smallest absolute Gasteiger partial charge is 0.231 e. The topological polar surface area (TPSA) is 49.4 Å². The molecule has 0 radical (unpaired) electrons. The van der Waals surface area contributed by atoms with Crippen molar-refractivity contribution in [2.24, 2.45) is 5.73 Å². The van der Waals surface area contributed by atoms with E-state index >= 15 is 0 Å². The highest BCUT2D eigenvalue weighted by molar-refractivity contribution is 5.45. The van der Waals surface area contributed by atoms with Crippen LogP contribution in [0.3, 0.4) is 0 Å². The van der Waals surface area contributed by atoms with Crippen LogP contribution in [0.5, 0.6) is 11.5 Å². The lowest BCUT2D eigenvalue weighted by Crippen LogP contribution is -2.18. The van der Waals surface area contributed by atoms with Gasteiger partial charge < -0.3 is 19.8 Å². The van der Waals surface area contributed by atoms with Gasteiger partial charge in [-0.15, -0.1) is 0 Å². The van der Waals surface area contributed by atoms with Crippen LogP contribution < -0.4 is 15.2 Å². The van der Waals surface area contributed by atoms with E-state index in [2.05, 4.69) is 29.7 Å². The third-order valence-corrected chi connectivity index (χ3v) is 4.56. The molecule has 2 aromatic rings. The zero-order valence-electron chi connectivity index (χ0n) is 12.3. The molecule has 1 aliphatic heterocycles. The Kier molecular flexibility index (Phi) is 2.93. The highest BCUT2D eigenvalue weighted by Gasteiger charge is 2.22. The highest BCUT2D eigenvalue weighted by Crippen LogP contribution is 2.34. The van der Waals surface area contributed by atoms with Gasteiger partial charge in [-0.05, 0) is 55.5 Å². The molecule has 2 heterocycles. The Morgan fingerprint density at radius 1 is 1.24 bits per heavy atom. The fourth-order valence-electron chi connectivity index (χ4n) is 3.44. The molecule has 0 bridgehead atoms. The molecule has 4 nitrogen and oxygen atoms in total. The quantitative estimate of drug-likeness (QED) is 0.922. The van der Waals surface area contributed by atoms with Gasteiger partial charge in [0.15, 0.2) is 11.5 Å². The van der Waals surface area contributed by atoms with Crippen LogP contribution in [0.25, 0.3) is 0 Å². The summed E-state index contributed by atoms with van der Waals surface area (Å²) in [7, 11) is 0. The van der Waals surface area contributed by atoms with E-state index in [1.807, 2.05) is 6.07 Å². The first-order chi connectivity index (χ1) is 10.2. The number of aryl methyl sites for hydroxylation is 1. The molecule has 2 aliphatic rings. The summed E-state index contributed by atoms with van der Waals surface area (Å²) in [6.45, 7) is 3.36. The summed E-state index contributed by atoms with van der Waals surface area (Å²) >= 11 is 0. The number of nitrogens with zero attached hydrogens (tertiary/aromatic N) is 1. The van der Waals surface area contributed by atoms with Crippen molar-refractivity contribution < 1.29 is 9.47 Å². The van der Waals surface area contributed by atoms with Crippen molar-refractivity contribution in [3.8, 4) is 11.5 Å². The Morgan fingerprint density at radius 2 is 2.10 bits per heavy atom. The van der Waals surface area contributed by atoms with Crippen molar-refractivity contribution in [1.29, 1.82) is 0 Å². The summed E-state index contributed by atoms with van der Waals surface area (Å²) in [6, 6.07) is 8.64. The van der Waals surface area contributed by atoms with Crippen LogP contribution in [0.15, 0.2) is 24.3 Å². The molecule has 1 aromatic heterocycles. The van der Waals surface area contributed by atoms with Crippen LogP contribution in [-0.4, -0.2) is 11.4 Å². The summed E-state index contributed by atoms with van der Waals surface area (Å²) in [5.41, 5.74) is 11.5. The maximum absolute atomic E-state index is 6.25. The van der Waals surface area contributed by atoms with Crippen LogP contribution in [0.4, 0.5) is 0 Å². The minimum atomic E-state index is 0.199. The largest absolute Gasteiger partial charge is 0.454 e. The Labute approximate surface area is 124 Å². The molecule has 21 heavy (non-hydrogen) atoms. The van der Waals surface area contributed by atoms with Gasteiger partial charge in [-0.2, -0.15) is 0 Å². The van der Waals surface area contributed by atoms with E-state index in [1.54, 1.807) is 0 Å². The van der Waals surface area contributed by atoms with Crippen LogP contribution in [0.1, 0.15) is 41.4 Å². The van der Waals surface area contributed by atoms with E-state index in [-0.39, 0.29) is 6.04 Å². The number of benzene rings is 1. The third kappa shape index (κ3) is 2.10. The molecule has 1 aliphatic carbocycles. The van der Waals surface area contributed by atoms with Gasteiger partial charge in [0.1, 0.15) is 0 Å². The molecule has 1 unspecified atom stereocenters. The monoisotopic (exact) mass is 284 g/mol. The van der Waals surface area contributed by atoms with Crippen LogP contribution in [0, 0.1) is 6.92 Å². The highest BCUT2D eigenvalue weighted by atomic mass is 16.7. The zero-order chi connectivity index (χ0) is 14.4. The first-order valence-corrected chi connectivity index (χ1v) is 7.55. The molecule has 2 N–H and O–H groups in total. The first kappa shape index (κ1) is 12.8. The molecule has 0 amide bonds. The standard InChI is InChI=1S/C17H20N2O2/c1-11-7-13-14(18)3-2-4-15(13)19(11)9-12-5-6-16-17(8-12)21-10-20-16/h5-8,14H,2-4,9-10,18H2,1H3. The number of aromatic nitrogens is 1. The molecule has 0 saturated heterocycles. The van der Waals surface area contributed by atoms with Gasteiger partial charge in [-0.1, -0.05) is 6.07 Å². The van der Waals surface area contributed by atoms with Crippen LogP contribution >= 0.6 is 0 Å². The lowest BCUT2D eigenvalue weighted by Gasteiger charge is -2.21. The van der Waals surface area contributed by atoms with Crippen molar-refractivity contribution in [3.05, 3.63) is 46.8 Å². The molecule has 1 aromatic carbocycles. The summed E-state index contributed by atoms with van der Waals surface area (Å²) in [5.74, 6) is 1.69. The predicted octanol–water partition coefficient (Wildman–Crippen LogP) is 2.91. The Hall–Kier alpha value is -1.94. The number of rotatable bonds is 2. The van der Waals surface area contributed by atoms with Crippen LogP contribution in [-0.2, 0) is 13.0 Å². The third-order valence-electron chi connectivity index (χ3n) is 4.56. The molecule has 0 saturated carbocycles. The fraction of sp³-hybridized carbons (Fsp3) is 0.412. The van der Waals surface area contributed by atoms with Gasteiger partial charge in [0.25, 0.3) is 0 Å². The number of ether oxygens (including phenoxy) is 2. The summed E-state index contributed by atoms with van der Waals surface area (Å²) in [4.78, 5) is 0. The molecule has 110 valence electrons. The van der Waals surface area contributed by atoms with Crippen molar-refractivity contribution in [2.75, 3.05) is 6.79 Å². The molecule has 1 atom stereocenters. The van der Waals surface area contributed by atoms with Gasteiger partial charge in [-0.3, -0.25) is 0 Å². The average molecular weight is 284 g/mol. The minimum absolute atomic E-state index is 0.199. The second-order valence-electron chi connectivity index (χ2n) is 5.96. The summed E-state index contributed by atoms with van der Waals surface area (Å²) in [6.07, 6.45) is 3.40. The molecule has 0 fully saturated rings. The van der Waals surface area contributed by atoms with E-state index in [1.165, 1.54) is 28.9 Å². The second kappa shape index (κ2) is 4.81. The zero-order valence-corrected chi connectivity index (χ0v) is 12.3. The van der Waals surface area contributed by atoms with Gasteiger partial charge in [0.05, 0.1) is 0 Å². The maximum Gasteiger partial charge on any atom is 0.231 e. The van der Waals surface area contributed by atoms with E-state index in [0.717, 1.165) is 30.9 Å². The normalized spacial score (nSPS) is 19.6. The number of hydrogen-bond acceptors (Lipinski definition) is 3. The van der Waals surface area contributed by atoms with E-state index in [4.69, 9.17) is 15.2 Å². The van der Waals surface area contributed by atoms with Gasteiger partial charge in [-0.25, -0.2) is 0 Å². The summed E-state index contributed by atoms with van der Waals surface area (Å²) < 4.78 is 13.2. The predicted molar refractivity (Wildman–Crippen MR) is 80.7 cm³/mol. The lowest BCUT2D eigenvalue weighted by atomic mass is 9.93. The first-order valence-electron chi connectivity index (χ1n) is 7.55. The second-order valence-corrected chi connectivity index (χ2v) is 5.96. The number of hydrogen-bond donors (Lipinski definition) is 1. The van der Waals surface area contributed by atoms with Crippen molar-refractivity contribution >= 4 is 0 Å². The van der Waals surface area contributed by atoms with E-state index in [9.17, 15) is 0 Å². The van der Waals surface area contributed by atoms with Crippen molar-refractivity contribution in [3.63, 3.8) is 0 Å². The molecule has 0 spiro atoms. The Bertz CT molecular complexity index is 690. The number of nitrogens with two attached hydrogens (primary N) is 1. The summed E-state index contributed by atoms with van der Waals surface area (Å²) in [5, 5.41) is 0. The molecular formula is C17H20N2O2.